The molecule has 0 bridgehead atoms. The van der Waals surface area contributed by atoms with E-state index in [0.29, 0.717) is 29.4 Å². The van der Waals surface area contributed by atoms with Crippen molar-refractivity contribution in [3.8, 4) is 0 Å². The number of hydrogen-bond donors (Lipinski definition) is 0. The summed E-state index contributed by atoms with van der Waals surface area (Å²) >= 11 is 0. The van der Waals surface area contributed by atoms with Crippen LogP contribution in [-0.4, -0.2) is 40.0 Å². The number of fused-ring (bicyclic) bond motifs is 1. The molecule has 6 nitrogen and oxygen atoms in total. The van der Waals surface area contributed by atoms with Crippen molar-refractivity contribution < 1.29 is 14.2 Å². The Bertz CT molecular complexity index is 664. The van der Waals surface area contributed by atoms with E-state index >= 15 is 0 Å². The first-order valence-electron chi connectivity index (χ1n) is 6.66. The SMILES string of the molecule is CN(C(=O)c1ccc2nonc2c1)C1CCCC(=O)C1. The summed E-state index contributed by atoms with van der Waals surface area (Å²) in [6.07, 6.45) is 2.82. The zero-order chi connectivity index (χ0) is 14.1. The molecule has 1 heterocycles. The fourth-order valence-electron chi connectivity index (χ4n) is 2.62. The largest absolute Gasteiger partial charge is 0.338 e. The van der Waals surface area contributed by atoms with Crippen LogP contribution in [0.5, 0.6) is 0 Å². The lowest BCUT2D eigenvalue weighted by Crippen LogP contribution is -2.40. The van der Waals surface area contributed by atoms with Crippen LogP contribution in [0.3, 0.4) is 0 Å². The average Bonchev–Trinajstić information content (AvgIpc) is 2.93. The van der Waals surface area contributed by atoms with Crippen molar-refractivity contribution in [3.05, 3.63) is 23.8 Å². The third kappa shape index (κ3) is 2.29. The summed E-state index contributed by atoms with van der Waals surface area (Å²) in [5.74, 6) is 0.131. The highest BCUT2D eigenvalue weighted by atomic mass is 16.6. The van der Waals surface area contributed by atoms with Gasteiger partial charge >= 0.3 is 0 Å². The Labute approximate surface area is 115 Å². The van der Waals surface area contributed by atoms with Crippen LogP contribution >= 0.6 is 0 Å². The first kappa shape index (κ1) is 12.8. The minimum atomic E-state index is -0.102. The maximum absolute atomic E-state index is 12.5. The molecule has 0 radical (unpaired) electrons. The zero-order valence-electron chi connectivity index (χ0n) is 11.2. The number of aromatic nitrogens is 2. The molecule has 1 aromatic carbocycles. The highest BCUT2D eigenvalue weighted by Crippen LogP contribution is 2.21. The molecule has 20 heavy (non-hydrogen) atoms. The normalized spacial score (nSPS) is 19.2. The molecule has 1 aliphatic carbocycles. The smallest absolute Gasteiger partial charge is 0.253 e. The summed E-state index contributed by atoms with van der Waals surface area (Å²) in [7, 11) is 1.75. The highest BCUT2D eigenvalue weighted by Gasteiger charge is 2.26. The molecule has 3 rings (SSSR count). The van der Waals surface area contributed by atoms with Crippen LogP contribution in [-0.2, 0) is 4.79 Å². The fraction of sp³-hybridized carbons (Fsp3) is 0.429. The Morgan fingerprint density at radius 2 is 2.15 bits per heavy atom. The quantitative estimate of drug-likeness (QED) is 0.834. The Balaban J connectivity index is 1.81. The molecule has 1 fully saturated rings. The molecule has 1 amide bonds. The molecule has 1 aliphatic rings. The van der Waals surface area contributed by atoms with Crippen LogP contribution in [0, 0.1) is 0 Å². The Morgan fingerprint density at radius 1 is 1.35 bits per heavy atom. The van der Waals surface area contributed by atoms with Crippen LogP contribution in [0.15, 0.2) is 22.8 Å². The van der Waals surface area contributed by atoms with E-state index in [9.17, 15) is 9.59 Å². The van der Waals surface area contributed by atoms with Gasteiger partial charge in [-0.1, -0.05) is 0 Å². The molecule has 0 saturated heterocycles. The maximum atomic E-state index is 12.5. The number of amides is 1. The first-order valence-corrected chi connectivity index (χ1v) is 6.66. The molecule has 1 unspecified atom stereocenters. The van der Waals surface area contributed by atoms with E-state index in [4.69, 9.17) is 0 Å². The van der Waals surface area contributed by atoms with Crippen LogP contribution in [0.2, 0.25) is 0 Å². The zero-order valence-corrected chi connectivity index (χ0v) is 11.2. The molecule has 1 saturated carbocycles. The molecule has 1 atom stereocenters. The van der Waals surface area contributed by atoms with Gasteiger partial charge in [-0.25, -0.2) is 4.63 Å². The molecule has 1 aromatic heterocycles. The Kier molecular flexibility index (Phi) is 3.22. The third-order valence-electron chi connectivity index (χ3n) is 3.83. The van der Waals surface area contributed by atoms with E-state index in [-0.39, 0.29) is 17.7 Å². The lowest BCUT2D eigenvalue weighted by molar-refractivity contribution is -0.121. The Morgan fingerprint density at radius 3 is 2.95 bits per heavy atom. The number of nitrogens with zero attached hydrogens (tertiary/aromatic N) is 3. The second-order valence-electron chi connectivity index (χ2n) is 5.17. The van der Waals surface area contributed by atoms with Gasteiger partial charge in [0.25, 0.3) is 5.91 Å². The second kappa shape index (κ2) is 5.03. The van der Waals surface area contributed by atoms with Gasteiger partial charge in [-0.3, -0.25) is 9.59 Å². The molecule has 6 heteroatoms. The van der Waals surface area contributed by atoms with Gasteiger partial charge in [0.1, 0.15) is 16.8 Å². The van der Waals surface area contributed by atoms with Crippen molar-refractivity contribution in [2.24, 2.45) is 0 Å². The summed E-state index contributed by atoms with van der Waals surface area (Å²) < 4.78 is 4.62. The fourth-order valence-corrected chi connectivity index (χ4v) is 2.62. The number of carbonyl (C=O) groups is 2. The maximum Gasteiger partial charge on any atom is 0.253 e. The molecule has 2 aromatic rings. The predicted octanol–water partition coefficient (Wildman–Crippen LogP) is 1.81. The molecule has 0 aliphatic heterocycles. The topological polar surface area (TPSA) is 76.3 Å². The lowest BCUT2D eigenvalue weighted by atomic mass is 9.93. The predicted molar refractivity (Wildman–Crippen MR) is 71.2 cm³/mol. The van der Waals surface area contributed by atoms with Gasteiger partial charge in [-0.05, 0) is 41.4 Å². The van der Waals surface area contributed by atoms with Crippen molar-refractivity contribution >= 4 is 22.7 Å². The van der Waals surface area contributed by atoms with Gasteiger partial charge in [0.15, 0.2) is 0 Å². The van der Waals surface area contributed by atoms with Crippen LogP contribution in [0.25, 0.3) is 11.0 Å². The van der Waals surface area contributed by atoms with Crippen molar-refractivity contribution in [1.29, 1.82) is 0 Å². The number of benzene rings is 1. The average molecular weight is 273 g/mol. The van der Waals surface area contributed by atoms with E-state index in [2.05, 4.69) is 14.9 Å². The summed E-state index contributed by atoms with van der Waals surface area (Å²) in [5.41, 5.74) is 1.72. The van der Waals surface area contributed by atoms with Gasteiger partial charge < -0.3 is 4.90 Å². The summed E-state index contributed by atoms with van der Waals surface area (Å²) in [5, 5.41) is 7.44. The Hall–Kier alpha value is -2.24. The minimum absolute atomic E-state index is 0.00474. The summed E-state index contributed by atoms with van der Waals surface area (Å²) in [4.78, 5) is 25.6. The van der Waals surface area contributed by atoms with Gasteiger partial charge in [-0.2, -0.15) is 0 Å². The second-order valence-corrected chi connectivity index (χ2v) is 5.17. The molecule has 104 valence electrons. The number of rotatable bonds is 2. The number of carbonyl (C=O) groups excluding carboxylic acids is 2. The van der Waals surface area contributed by atoms with Crippen molar-refractivity contribution in [3.63, 3.8) is 0 Å². The van der Waals surface area contributed by atoms with E-state index in [1.165, 1.54) is 0 Å². The third-order valence-corrected chi connectivity index (χ3v) is 3.83. The van der Waals surface area contributed by atoms with Crippen molar-refractivity contribution in [1.82, 2.24) is 15.2 Å². The van der Waals surface area contributed by atoms with E-state index in [1.807, 2.05) is 0 Å². The number of ketones is 1. The molecule has 0 N–H and O–H groups in total. The molecular weight excluding hydrogens is 258 g/mol. The lowest BCUT2D eigenvalue weighted by Gasteiger charge is -2.30. The van der Waals surface area contributed by atoms with Gasteiger partial charge in [-0.15, -0.1) is 0 Å². The van der Waals surface area contributed by atoms with Gasteiger partial charge in [0.05, 0.1) is 0 Å². The summed E-state index contributed by atoms with van der Waals surface area (Å²) in [6.45, 7) is 0. The molecule has 0 spiro atoms. The van der Waals surface area contributed by atoms with E-state index in [0.717, 1.165) is 12.8 Å². The summed E-state index contributed by atoms with van der Waals surface area (Å²) in [6, 6.07) is 5.07. The van der Waals surface area contributed by atoms with Crippen LogP contribution in [0.1, 0.15) is 36.0 Å². The first-order chi connectivity index (χ1) is 9.65. The van der Waals surface area contributed by atoms with E-state index in [1.54, 1.807) is 30.1 Å². The van der Waals surface area contributed by atoms with E-state index < -0.39 is 0 Å². The van der Waals surface area contributed by atoms with Gasteiger partial charge in [0, 0.05) is 31.5 Å². The van der Waals surface area contributed by atoms with Crippen LogP contribution < -0.4 is 0 Å². The highest BCUT2D eigenvalue weighted by molar-refractivity contribution is 5.97. The minimum Gasteiger partial charge on any atom is -0.338 e. The molecular formula is C14H15N3O3. The number of Topliss-reactive ketones (excluding diaryl/α,β-unsaturated/α-hetero) is 1. The standard InChI is InChI=1S/C14H15N3O3/c1-17(10-3-2-4-11(18)8-10)14(19)9-5-6-12-13(7-9)16-20-15-12/h5-7,10H,2-4,8H2,1H3. The van der Waals surface area contributed by atoms with Crippen LogP contribution in [0.4, 0.5) is 0 Å². The monoisotopic (exact) mass is 273 g/mol. The number of hydrogen-bond acceptors (Lipinski definition) is 5. The van der Waals surface area contributed by atoms with Crippen molar-refractivity contribution in [2.75, 3.05) is 7.05 Å². The van der Waals surface area contributed by atoms with Gasteiger partial charge in [0.2, 0.25) is 0 Å². The van der Waals surface area contributed by atoms with Crippen molar-refractivity contribution in [2.45, 2.75) is 31.7 Å².